The maximum atomic E-state index is 12.6. The summed E-state index contributed by atoms with van der Waals surface area (Å²) in [5.41, 5.74) is 4.34. The number of hydrogen-bond acceptors (Lipinski definition) is 4. The van der Waals surface area contributed by atoms with E-state index >= 15 is 0 Å². The second-order valence-corrected chi connectivity index (χ2v) is 9.14. The van der Waals surface area contributed by atoms with Crippen molar-refractivity contribution in [3.8, 4) is 5.75 Å². The van der Waals surface area contributed by atoms with Crippen LogP contribution in [-0.4, -0.2) is 24.2 Å². The van der Waals surface area contributed by atoms with E-state index in [1.54, 1.807) is 23.9 Å². The minimum Gasteiger partial charge on any atom is -0.494 e. The van der Waals surface area contributed by atoms with Crippen molar-refractivity contribution < 1.29 is 14.3 Å². The van der Waals surface area contributed by atoms with Crippen molar-refractivity contribution in [2.75, 3.05) is 22.6 Å². The van der Waals surface area contributed by atoms with Crippen LogP contribution in [0.1, 0.15) is 46.6 Å². The summed E-state index contributed by atoms with van der Waals surface area (Å²) < 4.78 is 5.65. The van der Waals surface area contributed by atoms with Crippen molar-refractivity contribution in [1.29, 1.82) is 0 Å². The van der Waals surface area contributed by atoms with E-state index in [1.807, 2.05) is 72.5 Å². The highest BCUT2D eigenvalue weighted by Crippen LogP contribution is 2.42. The largest absolute Gasteiger partial charge is 0.494 e. The van der Waals surface area contributed by atoms with Gasteiger partial charge in [-0.3, -0.25) is 14.5 Å². The van der Waals surface area contributed by atoms with Crippen LogP contribution in [0.5, 0.6) is 5.75 Å². The summed E-state index contributed by atoms with van der Waals surface area (Å²) in [6, 6.07) is 22.9. The number of rotatable bonds is 8. The van der Waals surface area contributed by atoms with Gasteiger partial charge in [0.2, 0.25) is 5.91 Å². The molecule has 170 valence electrons. The average Bonchev–Trinajstić information content (AvgIpc) is 3.21. The van der Waals surface area contributed by atoms with E-state index in [0.717, 1.165) is 35.4 Å². The number of thioether (sulfide) groups is 1. The van der Waals surface area contributed by atoms with Crippen LogP contribution in [0.25, 0.3) is 0 Å². The Hall–Kier alpha value is -3.25. The van der Waals surface area contributed by atoms with Gasteiger partial charge >= 0.3 is 0 Å². The number of nitrogens with zero attached hydrogens (tertiary/aromatic N) is 1. The first-order chi connectivity index (χ1) is 16.0. The third-order valence-electron chi connectivity index (χ3n) is 5.48. The lowest BCUT2D eigenvalue weighted by molar-refractivity contribution is -0.115. The monoisotopic (exact) mass is 460 g/mol. The van der Waals surface area contributed by atoms with Crippen LogP contribution in [0.3, 0.4) is 0 Å². The van der Waals surface area contributed by atoms with Crippen LogP contribution >= 0.6 is 11.8 Å². The lowest BCUT2D eigenvalue weighted by Crippen LogP contribution is -2.27. The molecule has 0 bridgehead atoms. The maximum absolute atomic E-state index is 12.6. The molecule has 33 heavy (non-hydrogen) atoms. The highest BCUT2D eigenvalue weighted by atomic mass is 32.2. The molecule has 1 N–H and O–H groups in total. The molecule has 2 amide bonds. The quantitative estimate of drug-likeness (QED) is 0.406. The molecule has 1 heterocycles. The Bertz CT molecular complexity index is 1110. The Labute approximate surface area is 199 Å². The molecule has 0 aromatic heterocycles. The van der Waals surface area contributed by atoms with Crippen molar-refractivity contribution >= 4 is 35.0 Å². The lowest BCUT2D eigenvalue weighted by atomic mass is 10.1. The van der Waals surface area contributed by atoms with Crippen LogP contribution in [0.15, 0.2) is 72.8 Å². The number of benzene rings is 3. The highest BCUT2D eigenvalue weighted by Gasteiger charge is 2.34. The van der Waals surface area contributed by atoms with Crippen molar-refractivity contribution in [3.63, 3.8) is 0 Å². The maximum Gasteiger partial charge on any atom is 0.255 e. The first kappa shape index (κ1) is 22.9. The lowest BCUT2D eigenvalue weighted by Gasteiger charge is -2.25. The molecule has 3 aromatic rings. The third-order valence-corrected chi connectivity index (χ3v) is 6.70. The van der Waals surface area contributed by atoms with Gasteiger partial charge in [-0.1, -0.05) is 37.6 Å². The molecule has 0 aliphatic carbocycles. The average molecular weight is 461 g/mol. The minimum absolute atomic E-state index is 0.0793. The van der Waals surface area contributed by atoms with Gasteiger partial charge in [0.25, 0.3) is 5.91 Å². The summed E-state index contributed by atoms with van der Waals surface area (Å²) >= 11 is 1.61. The Morgan fingerprint density at radius 1 is 1.09 bits per heavy atom. The number of unbranched alkanes of at least 4 members (excludes halogenated alkanes) is 1. The van der Waals surface area contributed by atoms with Crippen molar-refractivity contribution in [1.82, 2.24) is 0 Å². The predicted octanol–water partition coefficient (Wildman–Crippen LogP) is 6.20. The first-order valence-electron chi connectivity index (χ1n) is 11.2. The zero-order chi connectivity index (χ0) is 23.2. The van der Waals surface area contributed by atoms with E-state index in [9.17, 15) is 9.59 Å². The topological polar surface area (TPSA) is 58.6 Å². The van der Waals surface area contributed by atoms with Gasteiger partial charge < -0.3 is 10.1 Å². The van der Waals surface area contributed by atoms with Crippen molar-refractivity contribution in [3.05, 3.63) is 89.5 Å². The zero-order valence-corrected chi connectivity index (χ0v) is 19.7. The van der Waals surface area contributed by atoms with E-state index in [2.05, 4.69) is 12.2 Å². The summed E-state index contributed by atoms with van der Waals surface area (Å²) in [5, 5.41) is 2.86. The molecule has 1 atom stereocenters. The predicted molar refractivity (Wildman–Crippen MR) is 135 cm³/mol. The molecule has 1 aliphatic heterocycles. The molecular weight excluding hydrogens is 432 g/mol. The number of carbonyl (C=O) groups is 2. The number of nitrogens with one attached hydrogen (secondary N) is 1. The van der Waals surface area contributed by atoms with Crippen LogP contribution in [0.2, 0.25) is 0 Å². The fourth-order valence-electron chi connectivity index (χ4n) is 3.70. The SMILES string of the molecule is CCCCOc1ccc(C(=O)Nc2ccc([C@H]3SCC(=O)N3c3cccc(C)c3)cc2)cc1. The standard InChI is InChI=1S/C27H28N2O3S/c1-3-4-16-32-24-14-10-20(11-15-24)26(31)28-22-12-8-21(9-13-22)27-29(25(30)18-33-27)23-7-5-6-19(2)17-23/h5-15,17,27H,3-4,16,18H2,1-2H3,(H,28,31)/t27-/m1/s1. The van der Waals surface area contributed by atoms with Gasteiger partial charge in [-0.15, -0.1) is 11.8 Å². The normalized spacial score (nSPS) is 15.5. The van der Waals surface area contributed by atoms with Crippen molar-refractivity contribution in [2.45, 2.75) is 32.1 Å². The van der Waals surface area contributed by atoms with Gasteiger partial charge in [0, 0.05) is 16.9 Å². The van der Waals surface area contributed by atoms with E-state index in [0.29, 0.717) is 23.6 Å². The molecule has 1 fully saturated rings. The molecular formula is C27H28N2O3S. The highest BCUT2D eigenvalue weighted by molar-refractivity contribution is 8.00. The molecule has 0 spiro atoms. The molecule has 1 aliphatic rings. The van der Waals surface area contributed by atoms with Crippen LogP contribution in [0.4, 0.5) is 11.4 Å². The Balaban J connectivity index is 1.41. The summed E-state index contributed by atoms with van der Waals surface area (Å²) in [4.78, 5) is 27.1. The van der Waals surface area contributed by atoms with Gasteiger partial charge in [-0.2, -0.15) is 0 Å². The van der Waals surface area contributed by atoms with E-state index in [4.69, 9.17) is 4.74 Å². The molecule has 4 rings (SSSR count). The number of hydrogen-bond donors (Lipinski definition) is 1. The Morgan fingerprint density at radius 3 is 2.55 bits per heavy atom. The van der Waals surface area contributed by atoms with Crippen molar-refractivity contribution in [2.24, 2.45) is 0 Å². The van der Waals surface area contributed by atoms with Gasteiger partial charge in [-0.25, -0.2) is 0 Å². The van der Waals surface area contributed by atoms with Crippen LogP contribution < -0.4 is 15.0 Å². The number of aryl methyl sites for hydroxylation is 1. The first-order valence-corrected chi connectivity index (χ1v) is 12.2. The third kappa shape index (κ3) is 5.57. The molecule has 0 unspecified atom stereocenters. The van der Waals surface area contributed by atoms with Gasteiger partial charge in [-0.05, 0) is 73.0 Å². The number of ether oxygens (including phenoxy) is 1. The summed E-state index contributed by atoms with van der Waals surface area (Å²) in [5.74, 6) is 1.16. The summed E-state index contributed by atoms with van der Waals surface area (Å²) in [7, 11) is 0. The molecule has 0 saturated carbocycles. The molecule has 0 radical (unpaired) electrons. The summed E-state index contributed by atoms with van der Waals surface area (Å²) in [6.07, 6.45) is 2.09. The fourth-order valence-corrected chi connectivity index (χ4v) is 4.88. The van der Waals surface area contributed by atoms with Crippen LogP contribution in [-0.2, 0) is 4.79 Å². The van der Waals surface area contributed by atoms with Gasteiger partial charge in [0.15, 0.2) is 0 Å². The summed E-state index contributed by atoms with van der Waals surface area (Å²) in [6.45, 7) is 4.83. The Kier molecular flexibility index (Phi) is 7.35. The smallest absolute Gasteiger partial charge is 0.255 e. The second kappa shape index (κ2) is 10.6. The molecule has 1 saturated heterocycles. The Morgan fingerprint density at radius 2 is 1.85 bits per heavy atom. The molecule has 3 aromatic carbocycles. The van der Waals surface area contributed by atoms with E-state index in [1.165, 1.54) is 0 Å². The zero-order valence-electron chi connectivity index (χ0n) is 18.9. The van der Waals surface area contributed by atoms with E-state index in [-0.39, 0.29) is 17.2 Å². The van der Waals surface area contributed by atoms with Gasteiger partial charge in [0.05, 0.1) is 12.4 Å². The fraction of sp³-hybridized carbons (Fsp3) is 0.259. The number of anilines is 2. The minimum atomic E-state index is -0.172. The van der Waals surface area contributed by atoms with E-state index < -0.39 is 0 Å². The number of carbonyl (C=O) groups excluding carboxylic acids is 2. The van der Waals surface area contributed by atoms with Gasteiger partial charge in [0.1, 0.15) is 11.1 Å². The molecule has 5 nitrogen and oxygen atoms in total. The second-order valence-electron chi connectivity index (χ2n) is 8.07. The van der Waals surface area contributed by atoms with Crippen LogP contribution in [0, 0.1) is 6.92 Å². The molecule has 6 heteroatoms. The number of amides is 2.